The minimum absolute atomic E-state index is 0.209. The maximum atomic E-state index is 12.4. The molecule has 1 heterocycles. The summed E-state index contributed by atoms with van der Waals surface area (Å²) in [5.74, 6) is 3.56. The van der Waals surface area contributed by atoms with Crippen LogP contribution in [0.2, 0.25) is 0 Å². The third-order valence-corrected chi connectivity index (χ3v) is 5.35. The van der Waals surface area contributed by atoms with Crippen molar-refractivity contribution in [1.82, 2.24) is 0 Å². The third-order valence-electron chi connectivity index (χ3n) is 5.35. The highest BCUT2D eigenvalue weighted by molar-refractivity contribution is 6.02. The molecule has 0 radical (unpaired) electrons. The van der Waals surface area contributed by atoms with Crippen LogP contribution >= 0.6 is 0 Å². The number of amides is 1. The van der Waals surface area contributed by atoms with Gasteiger partial charge in [-0.05, 0) is 53.6 Å². The van der Waals surface area contributed by atoms with E-state index in [1.54, 1.807) is 45.6 Å². The average molecular weight is 478 g/mol. The Morgan fingerprint density at radius 1 is 0.857 bits per heavy atom. The van der Waals surface area contributed by atoms with Crippen molar-refractivity contribution in [2.24, 2.45) is 0 Å². The first-order valence-corrected chi connectivity index (χ1v) is 11.0. The van der Waals surface area contributed by atoms with Gasteiger partial charge in [-0.2, -0.15) is 0 Å². The van der Waals surface area contributed by atoms with Crippen LogP contribution < -0.4 is 33.7 Å². The smallest absolute Gasteiger partial charge is 0.248 e. The fourth-order valence-electron chi connectivity index (χ4n) is 3.55. The first kappa shape index (κ1) is 23.8. The summed E-state index contributed by atoms with van der Waals surface area (Å²) in [5.41, 5.74) is 2.48. The standard InChI is InChI=1S/C27H27NO7/c1-30-21-8-4-19(14-24(21)31-2)12-13-33-22-10-7-20(16-25(22)32-3)28-27(29)11-6-18-5-9-23-26(15-18)35-17-34-23/h4-11,14-16H,12-13,17H2,1-3H3,(H,28,29)/b11-6+. The summed E-state index contributed by atoms with van der Waals surface area (Å²) < 4.78 is 32.6. The molecule has 1 amide bonds. The van der Waals surface area contributed by atoms with Crippen molar-refractivity contribution >= 4 is 17.7 Å². The maximum Gasteiger partial charge on any atom is 0.248 e. The number of hydrogen-bond donors (Lipinski definition) is 1. The summed E-state index contributed by atoms with van der Waals surface area (Å²) in [4.78, 5) is 12.4. The highest BCUT2D eigenvalue weighted by Crippen LogP contribution is 2.33. The van der Waals surface area contributed by atoms with E-state index < -0.39 is 0 Å². The number of hydrogen-bond acceptors (Lipinski definition) is 7. The molecule has 4 rings (SSSR count). The molecule has 0 bridgehead atoms. The van der Waals surface area contributed by atoms with Gasteiger partial charge in [-0.1, -0.05) is 12.1 Å². The zero-order valence-corrected chi connectivity index (χ0v) is 19.8. The van der Waals surface area contributed by atoms with Crippen molar-refractivity contribution in [3.63, 3.8) is 0 Å². The quantitative estimate of drug-likeness (QED) is 0.423. The number of ether oxygens (including phenoxy) is 6. The van der Waals surface area contributed by atoms with Gasteiger partial charge < -0.3 is 33.7 Å². The molecular weight excluding hydrogens is 450 g/mol. The van der Waals surface area contributed by atoms with Gasteiger partial charge in [0.05, 0.1) is 27.9 Å². The molecule has 0 fully saturated rings. The molecule has 0 saturated carbocycles. The van der Waals surface area contributed by atoms with Gasteiger partial charge in [0.25, 0.3) is 0 Å². The molecule has 3 aromatic rings. The summed E-state index contributed by atoms with van der Waals surface area (Å²) in [6.07, 6.45) is 3.84. The lowest BCUT2D eigenvalue weighted by Gasteiger charge is -2.13. The van der Waals surface area contributed by atoms with Crippen molar-refractivity contribution in [2.45, 2.75) is 6.42 Å². The lowest BCUT2D eigenvalue weighted by molar-refractivity contribution is -0.111. The van der Waals surface area contributed by atoms with E-state index in [2.05, 4.69) is 5.32 Å². The fourth-order valence-corrected chi connectivity index (χ4v) is 3.55. The van der Waals surface area contributed by atoms with Gasteiger partial charge in [-0.15, -0.1) is 0 Å². The Hall–Kier alpha value is -4.33. The van der Waals surface area contributed by atoms with E-state index in [0.29, 0.717) is 53.2 Å². The topological polar surface area (TPSA) is 84.5 Å². The summed E-state index contributed by atoms with van der Waals surface area (Å²) in [6, 6.07) is 16.5. The van der Waals surface area contributed by atoms with Crippen LogP contribution in [0, 0.1) is 0 Å². The SMILES string of the molecule is COc1ccc(CCOc2ccc(NC(=O)/C=C/c3ccc4c(c3)OCO4)cc2OC)cc1OC. The van der Waals surface area contributed by atoms with Gasteiger partial charge >= 0.3 is 0 Å². The minimum Gasteiger partial charge on any atom is -0.493 e. The molecule has 0 aromatic heterocycles. The minimum atomic E-state index is -0.271. The van der Waals surface area contributed by atoms with Gasteiger partial charge in [0, 0.05) is 24.3 Å². The molecule has 182 valence electrons. The van der Waals surface area contributed by atoms with Crippen LogP contribution in [0.4, 0.5) is 5.69 Å². The Bertz CT molecular complexity index is 1220. The van der Waals surface area contributed by atoms with Crippen LogP contribution in [0.1, 0.15) is 11.1 Å². The lowest BCUT2D eigenvalue weighted by atomic mass is 10.1. The number of carbonyl (C=O) groups excluding carboxylic acids is 1. The van der Waals surface area contributed by atoms with Gasteiger partial charge in [0.15, 0.2) is 34.5 Å². The Kier molecular flexibility index (Phi) is 7.62. The van der Waals surface area contributed by atoms with E-state index in [-0.39, 0.29) is 12.7 Å². The molecule has 1 N–H and O–H groups in total. The molecular formula is C27H27NO7. The van der Waals surface area contributed by atoms with Gasteiger partial charge in [-0.25, -0.2) is 0 Å². The monoisotopic (exact) mass is 477 g/mol. The number of rotatable bonds is 10. The van der Waals surface area contributed by atoms with E-state index in [1.807, 2.05) is 36.4 Å². The van der Waals surface area contributed by atoms with Crippen molar-refractivity contribution in [1.29, 1.82) is 0 Å². The predicted molar refractivity (Wildman–Crippen MR) is 132 cm³/mol. The van der Waals surface area contributed by atoms with Crippen molar-refractivity contribution in [2.75, 3.05) is 40.0 Å². The van der Waals surface area contributed by atoms with Gasteiger partial charge in [-0.3, -0.25) is 4.79 Å². The summed E-state index contributed by atoms with van der Waals surface area (Å²) in [5, 5.41) is 2.83. The molecule has 8 heteroatoms. The van der Waals surface area contributed by atoms with Gasteiger partial charge in [0.2, 0.25) is 12.7 Å². The number of benzene rings is 3. The number of nitrogens with one attached hydrogen (secondary N) is 1. The first-order chi connectivity index (χ1) is 17.1. The fraction of sp³-hybridized carbons (Fsp3) is 0.222. The highest BCUT2D eigenvalue weighted by Gasteiger charge is 2.13. The number of methoxy groups -OCH3 is 3. The third kappa shape index (κ3) is 5.97. The predicted octanol–water partition coefficient (Wildman–Crippen LogP) is 4.71. The number of anilines is 1. The second-order valence-corrected chi connectivity index (χ2v) is 7.59. The first-order valence-electron chi connectivity index (χ1n) is 11.0. The van der Waals surface area contributed by atoms with E-state index in [9.17, 15) is 4.79 Å². The Morgan fingerprint density at radius 2 is 1.60 bits per heavy atom. The Balaban J connectivity index is 1.33. The summed E-state index contributed by atoms with van der Waals surface area (Å²) in [7, 11) is 4.77. The molecule has 0 aliphatic carbocycles. The largest absolute Gasteiger partial charge is 0.493 e. The van der Waals surface area contributed by atoms with E-state index in [4.69, 9.17) is 28.4 Å². The average Bonchev–Trinajstić information content (AvgIpc) is 3.36. The second-order valence-electron chi connectivity index (χ2n) is 7.59. The van der Waals surface area contributed by atoms with Crippen LogP contribution in [0.5, 0.6) is 34.5 Å². The molecule has 1 aliphatic heterocycles. The van der Waals surface area contributed by atoms with Gasteiger partial charge in [0.1, 0.15) is 0 Å². The van der Waals surface area contributed by atoms with Crippen molar-refractivity contribution in [3.8, 4) is 34.5 Å². The van der Waals surface area contributed by atoms with Crippen LogP contribution in [-0.4, -0.2) is 40.6 Å². The normalized spacial score (nSPS) is 11.9. The number of carbonyl (C=O) groups is 1. The molecule has 0 unspecified atom stereocenters. The summed E-state index contributed by atoms with van der Waals surface area (Å²) >= 11 is 0. The zero-order valence-electron chi connectivity index (χ0n) is 19.8. The highest BCUT2D eigenvalue weighted by atomic mass is 16.7. The van der Waals surface area contributed by atoms with Crippen molar-refractivity contribution in [3.05, 3.63) is 71.8 Å². The molecule has 8 nitrogen and oxygen atoms in total. The molecule has 0 saturated heterocycles. The van der Waals surface area contributed by atoms with E-state index >= 15 is 0 Å². The van der Waals surface area contributed by atoms with Crippen LogP contribution in [0.25, 0.3) is 6.08 Å². The Labute approximate surface area is 204 Å². The number of fused-ring (bicyclic) bond motifs is 1. The second kappa shape index (κ2) is 11.2. The Morgan fingerprint density at radius 3 is 2.40 bits per heavy atom. The van der Waals surface area contributed by atoms with Crippen LogP contribution in [0.15, 0.2) is 60.7 Å². The maximum absolute atomic E-state index is 12.4. The molecule has 0 spiro atoms. The van der Waals surface area contributed by atoms with E-state index in [0.717, 1.165) is 11.1 Å². The van der Waals surface area contributed by atoms with Crippen LogP contribution in [-0.2, 0) is 11.2 Å². The molecule has 35 heavy (non-hydrogen) atoms. The lowest BCUT2D eigenvalue weighted by Crippen LogP contribution is -2.08. The summed E-state index contributed by atoms with van der Waals surface area (Å²) in [6.45, 7) is 0.649. The molecule has 0 atom stereocenters. The molecule has 1 aliphatic rings. The molecule has 3 aromatic carbocycles. The zero-order chi connectivity index (χ0) is 24.6. The van der Waals surface area contributed by atoms with E-state index in [1.165, 1.54) is 6.08 Å². The van der Waals surface area contributed by atoms with Crippen LogP contribution in [0.3, 0.4) is 0 Å². The van der Waals surface area contributed by atoms with Crippen molar-refractivity contribution < 1.29 is 33.2 Å².